The third kappa shape index (κ3) is 4.03. The molecule has 1 aliphatic rings. The molecule has 0 spiro atoms. The fourth-order valence-corrected chi connectivity index (χ4v) is 4.72. The first-order valence-corrected chi connectivity index (χ1v) is 10.8. The van der Waals surface area contributed by atoms with Gasteiger partial charge in [0.25, 0.3) is 11.1 Å². The van der Waals surface area contributed by atoms with Crippen molar-refractivity contribution in [3.05, 3.63) is 87.6 Å². The largest absolute Gasteiger partial charge is 0.495 e. The second kappa shape index (κ2) is 8.47. The van der Waals surface area contributed by atoms with Gasteiger partial charge in [0.15, 0.2) is 0 Å². The number of aromatic nitrogens is 1. The number of hydrogen-bond acceptors (Lipinski definition) is 4. The summed E-state index contributed by atoms with van der Waals surface area (Å²) in [4.78, 5) is 27.3. The number of methoxy groups -OCH3 is 1. The predicted octanol–water partition coefficient (Wildman–Crippen LogP) is 5.65. The molecule has 2 aromatic carbocycles. The van der Waals surface area contributed by atoms with Crippen molar-refractivity contribution in [3.8, 4) is 11.4 Å². The van der Waals surface area contributed by atoms with Gasteiger partial charge in [0.05, 0.1) is 24.2 Å². The zero-order valence-corrected chi connectivity index (χ0v) is 18.8. The van der Waals surface area contributed by atoms with E-state index in [1.807, 2.05) is 81.4 Å². The maximum absolute atomic E-state index is 13.0. The molecule has 0 N–H and O–H groups in total. The number of carbonyl (C=O) groups is 2. The lowest BCUT2D eigenvalue weighted by Gasteiger charge is -2.13. The quantitative estimate of drug-likeness (QED) is 0.489. The van der Waals surface area contributed by atoms with Crippen molar-refractivity contribution < 1.29 is 14.3 Å². The van der Waals surface area contributed by atoms with Gasteiger partial charge in [0.1, 0.15) is 5.75 Å². The van der Waals surface area contributed by atoms with Crippen molar-refractivity contribution in [2.45, 2.75) is 27.3 Å². The van der Waals surface area contributed by atoms with E-state index in [0.717, 1.165) is 51.3 Å². The Morgan fingerprint density at radius 2 is 1.77 bits per heavy atom. The first kappa shape index (κ1) is 21.0. The summed E-state index contributed by atoms with van der Waals surface area (Å²) in [7, 11) is 1.65. The number of benzene rings is 2. The molecule has 0 aliphatic carbocycles. The van der Waals surface area contributed by atoms with E-state index in [1.165, 1.54) is 4.90 Å². The molecular formula is C25H24N2O3S. The number of thioether (sulfide) groups is 1. The number of aryl methyl sites for hydroxylation is 2. The molecule has 1 saturated heterocycles. The van der Waals surface area contributed by atoms with Gasteiger partial charge in [0.2, 0.25) is 0 Å². The van der Waals surface area contributed by atoms with Gasteiger partial charge in [0, 0.05) is 11.4 Å². The maximum Gasteiger partial charge on any atom is 0.293 e. The minimum Gasteiger partial charge on any atom is -0.495 e. The number of carbonyl (C=O) groups excluding carboxylic acids is 2. The number of amides is 2. The molecule has 0 atom stereocenters. The molecule has 1 aliphatic heterocycles. The number of imide groups is 1. The maximum atomic E-state index is 13.0. The average molecular weight is 433 g/mol. The monoisotopic (exact) mass is 432 g/mol. The molecule has 4 rings (SSSR count). The standard InChI is InChI=1S/C25H24N2O3S/c1-16-8-7-9-19(12-16)15-26-24(28)23(31-25(26)29)14-20-13-17(2)27(18(20)3)21-10-5-6-11-22(21)30-4/h5-14H,15H2,1-4H3/b23-14-. The molecule has 31 heavy (non-hydrogen) atoms. The summed E-state index contributed by atoms with van der Waals surface area (Å²) in [5.41, 5.74) is 5.89. The highest BCUT2D eigenvalue weighted by molar-refractivity contribution is 8.18. The molecule has 0 bridgehead atoms. The van der Waals surface area contributed by atoms with E-state index in [2.05, 4.69) is 4.57 Å². The van der Waals surface area contributed by atoms with Crippen molar-refractivity contribution >= 4 is 29.0 Å². The van der Waals surface area contributed by atoms with Crippen LogP contribution in [0.1, 0.15) is 28.1 Å². The number of hydrogen-bond donors (Lipinski definition) is 0. The van der Waals surface area contributed by atoms with Crippen molar-refractivity contribution in [3.63, 3.8) is 0 Å². The molecule has 3 aromatic rings. The number of para-hydroxylation sites is 2. The van der Waals surface area contributed by atoms with Gasteiger partial charge in [-0.1, -0.05) is 42.0 Å². The summed E-state index contributed by atoms with van der Waals surface area (Å²) >= 11 is 0.992. The topological polar surface area (TPSA) is 51.5 Å². The molecule has 1 aromatic heterocycles. The van der Waals surface area contributed by atoms with Crippen LogP contribution in [0.25, 0.3) is 11.8 Å². The Morgan fingerprint density at radius 1 is 1.00 bits per heavy atom. The van der Waals surface area contributed by atoms with Crippen LogP contribution in [0, 0.1) is 20.8 Å². The van der Waals surface area contributed by atoms with Crippen molar-refractivity contribution in [2.24, 2.45) is 0 Å². The van der Waals surface area contributed by atoms with E-state index >= 15 is 0 Å². The molecule has 158 valence electrons. The number of nitrogens with zero attached hydrogens (tertiary/aromatic N) is 2. The number of rotatable bonds is 5. The Kier molecular flexibility index (Phi) is 5.74. The van der Waals surface area contributed by atoms with Crippen molar-refractivity contribution in [1.82, 2.24) is 9.47 Å². The first-order chi connectivity index (χ1) is 14.9. The lowest BCUT2D eigenvalue weighted by molar-refractivity contribution is -0.123. The molecule has 5 nitrogen and oxygen atoms in total. The summed E-state index contributed by atoms with van der Waals surface area (Å²) in [5.74, 6) is 0.521. The summed E-state index contributed by atoms with van der Waals surface area (Å²) < 4.78 is 7.62. The fourth-order valence-electron chi connectivity index (χ4n) is 3.89. The van der Waals surface area contributed by atoms with Gasteiger partial charge in [-0.15, -0.1) is 0 Å². The highest BCUT2D eigenvalue weighted by Crippen LogP contribution is 2.35. The predicted molar refractivity (Wildman–Crippen MR) is 124 cm³/mol. The van der Waals surface area contributed by atoms with E-state index in [9.17, 15) is 9.59 Å². The Hall–Kier alpha value is -3.25. The highest BCUT2D eigenvalue weighted by Gasteiger charge is 2.35. The highest BCUT2D eigenvalue weighted by atomic mass is 32.2. The molecular weight excluding hydrogens is 408 g/mol. The van der Waals surface area contributed by atoms with E-state index < -0.39 is 0 Å². The zero-order chi connectivity index (χ0) is 22.1. The van der Waals surface area contributed by atoms with Gasteiger partial charge in [-0.2, -0.15) is 0 Å². The van der Waals surface area contributed by atoms with E-state index in [4.69, 9.17) is 4.74 Å². The van der Waals surface area contributed by atoms with Gasteiger partial charge >= 0.3 is 0 Å². The Bertz CT molecular complexity index is 1210. The molecule has 6 heteroatoms. The fraction of sp³-hybridized carbons (Fsp3) is 0.200. The summed E-state index contributed by atoms with van der Waals surface area (Å²) in [6, 6.07) is 17.7. The molecule has 0 saturated carbocycles. The van der Waals surface area contributed by atoms with Crippen LogP contribution in [0.4, 0.5) is 4.79 Å². The van der Waals surface area contributed by atoms with Crippen LogP contribution in [0.15, 0.2) is 59.5 Å². The van der Waals surface area contributed by atoms with Gasteiger partial charge in [-0.05, 0) is 67.9 Å². The zero-order valence-electron chi connectivity index (χ0n) is 18.0. The Morgan fingerprint density at radius 3 is 2.52 bits per heavy atom. The van der Waals surface area contributed by atoms with Crippen LogP contribution < -0.4 is 4.74 Å². The molecule has 2 heterocycles. The van der Waals surface area contributed by atoms with Crippen molar-refractivity contribution in [1.29, 1.82) is 0 Å². The van der Waals surface area contributed by atoms with Crippen molar-refractivity contribution in [2.75, 3.05) is 7.11 Å². The van der Waals surface area contributed by atoms with Crippen LogP contribution in [0.5, 0.6) is 5.75 Å². The molecule has 0 unspecified atom stereocenters. The normalized spacial score (nSPS) is 15.2. The lowest BCUT2D eigenvalue weighted by atomic mass is 10.1. The second-order valence-corrected chi connectivity index (χ2v) is 8.58. The smallest absolute Gasteiger partial charge is 0.293 e. The van der Waals surface area contributed by atoms with E-state index in [-0.39, 0.29) is 17.7 Å². The van der Waals surface area contributed by atoms with Gasteiger partial charge in [-0.25, -0.2) is 0 Å². The van der Waals surface area contributed by atoms with Crippen LogP contribution in [0.2, 0.25) is 0 Å². The minimum atomic E-state index is -0.251. The molecule has 2 amide bonds. The number of ether oxygens (including phenoxy) is 1. The lowest BCUT2D eigenvalue weighted by Crippen LogP contribution is -2.27. The summed E-state index contributed by atoms with van der Waals surface area (Å²) in [6.07, 6.45) is 1.81. The van der Waals surface area contributed by atoms with Crippen LogP contribution in [0.3, 0.4) is 0 Å². The van der Waals surface area contributed by atoms with Gasteiger partial charge < -0.3 is 9.30 Å². The van der Waals surface area contributed by atoms with Crippen LogP contribution >= 0.6 is 11.8 Å². The third-order valence-corrected chi connectivity index (χ3v) is 6.29. The molecule has 1 fully saturated rings. The third-order valence-electron chi connectivity index (χ3n) is 5.38. The van der Waals surface area contributed by atoms with Crippen LogP contribution in [-0.4, -0.2) is 27.7 Å². The second-order valence-electron chi connectivity index (χ2n) is 7.59. The minimum absolute atomic E-state index is 0.240. The van der Waals surface area contributed by atoms with E-state index in [0.29, 0.717) is 4.91 Å². The van der Waals surface area contributed by atoms with Crippen LogP contribution in [-0.2, 0) is 11.3 Å². The van der Waals surface area contributed by atoms with E-state index in [1.54, 1.807) is 7.11 Å². The summed E-state index contributed by atoms with van der Waals surface area (Å²) in [5, 5.41) is -0.240. The Balaban J connectivity index is 1.65. The first-order valence-electron chi connectivity index (χ1n) is 10.0. The molecule has 0 radical (unpaired) electrons. The summed E-state index contributed by atoms with van der Waals surface area (Å²) in [6.45, 7) is 6.29. The SMILES string of the molecule is COc1ccccc1-n1c(C)cc(/C=C2\SC(=O)N(Cc3cccc(C)c3)C2=O)c1C. The Labute approximate surface area is 186 Å². The van der Waals surface area contributed by atoms with Gasteiger partial charge in [-0.3, -0.25) is 14.5 Å². The average Bonchev–Trinajstić information content (AvgIpc) is 3.17.